The fraction of sp³-hybridized carbons (Fsp3) is 0.556. The molecule has 1 rings (SSSR count). The van der Waals surface area contributed by atoms with Crippen molar-refractivity contribution < 1.29 is 14.9 Å². The van der Waals surface area contributed by atoms with E-state index in [1.54, 1.807) is 6.92 Å². The van der Waals surface area contributed by atoms with E-state index in [0.717, 1.165) is 4.57 Å². The number of aryl methyl sites for hydroxylation is 1. The molecule has 0 aliphatic heterocycles. The van der Waals surface area contributed by atoms with Crippen LogP contribution in [0.3, 0.4) is 0 Å². The molecule has 1 aromatic rings. The number of H-pyrrole nitrogens is 1. The Bertz CT molecular complexity index is 462. The van der Waals surface area contributed by atoms with Crippen LogP contribution < -0.4 is 11.2 Å². The summed E-state index contributed by atoms with van der Waals surface area (Å²) >= 11 is 0. The molecule has 16 heavy (non-hydrogen) atoms. The molecule has 0 aliphatic carbocycles. The van der Waals surface area contributed by atoms with E-state index in [1.807, 2.05) is 0 Å². The molecule has 0 bridgehead atoms. The fourth-order valence-electron chi connectivity index (χ4n) is 1.01. The van der Waals surface area contributed by atoms with Crippen LogP contribution in [0, 0.1) is 6.92 Å². The average Bonchev–Trinajstić information content (AvgIpc) is 2.23. The number of nitrogens with zero attached hydrogens (tertiary/aromatic N) is 1. The molecular weight excluding hydrogens is 216 g/mol. The van der Waals surface area contributed by atoms with Crippen molar-refractivity contribution >= 4 is 0 Å². The van der Waals surface area contributed by atoms with Gasteiger partial charge in [0, 0.05) is 11.8 Å². The van der Waals surface area contributed by atoms with Gasteiger partial charge in [-0.15, -0.1) is 0 Å². The highest BCUT2D eigenvalue weighted by Crippen LogP contribution is 1.95. The van der Waals surface area contributed by atoms with Gasteiger partial charge < -0.3 is 19.9 Å². The topological polar surface area (TPSA) is 105 Å². The number of hydrogen-bond donors (Lipinski definition) is 3. The number of aliphatic hydroxyl groups excluding tert-OH is 1. The Morgan fingerprint density at radius 3 is 2.69 bits per heavy atom. The Morgan fingerprint density at radius 1 is 1.50 bits per heavy atom. The lowest BCUT2D eigenvalue weighted by Gasteiger charge is -2.15. The first-order chi connectivity index (χ1) is 7.43. The predicted molar refractivity (Wildman–Crippen MR) is 54.8 cm³/mol. The van der Waals surface area contributed by atoms with E-state index in [-0.39, 0.29) is 6.73 Å². The standard InChI is InChI=1S/C9H14N2O5/c1-5-3-10-9(15)11(7(5)12)4-16-6(2)8(13)14/h3,6,8,13-14H,4H2,1-2H3,(H,10,15). The van der Waals surface area contributed by atoms with E-state index >= 15 is 0 Å². The van der Waals surface area contributed by atoms with Gasteiger partial charge in [-0.05, 0) is 13.8 Å². The van der Waals surface area contributed by atoms with Crippen LogP contribution in [0.5, 0.6) is 0 Å². The van der Waals surface area contributed by atoms with Crippen LogP contribution in [-0.2, 0) is 11.5 Å². The van der Waals surface area contributed by atoms with Crippen LogP contribution in [-0.4, -0.2) is 32.2 Å². The van der Waals surface area contributed by atoms with Crippen molar-refractivity contribution in [1.29, 1.82) is 0 Å². The minimum atomic E-state index is -1.65. The van der Waals surface area contributed by atoms with E-state index < -0.39 is 23.6 Å². The zero-order valence-electron chi connectivity index (χ0n) is 9.01. The molecule has 0 aliphatic rings. The first kappa shape index (κ1) is 12.6. The summed E-state index contributed by atoms with van der Waals surface area (Å²) in [6, 6.07) is 0. The Hall–Kier alpha value is -1.44. The zero-order valence-corrected chi connectivity index (χ0v) is 9.01. The summed E-state index contributed by atoms with van der Waals surface area (Å²) in [5, 5.41) is 17.5. The second-order valence-electron chi connectivity index (χ2n) is 3.42. The first-order valence-corrected chi connectivity index (χ1v) is 4.70. The van der Waals surface area contributed by atoms with Crippen LogP contribution in [0.25, 0.3) is 0 Å². The third-order valence-corrected chi connectivity index (χ3v) is 2.13. The van der Waals surface area contributed by atoms with E-state index in [9.17, 15) is 9.59 Å². The maximum atomic E-state index is 11.5. The van der Waals surface area contributed by atoms with Crippen molar-refractivity contribution in [2.24, 2.45) is 0 Å². The molecule has 0 amide bonds. The highest BCUT2D eigenvalue weighted by molar-refractivity contribution is 5.00. The first-order valence-electron chi connectivity index (χ1n) is 4.70. The van der Waals surface area contributed by atoms with Gasteiger partial charge in [0.2, 0.25) is 0 Å². The number of aliphatic hydroxyl groups is 2. The summed E-state index contributed by atoms with van der Waals surface area (Å²) in [6.07, 6.45) is -1.22. The molecule has 1 aromatic heterocycles. The summed E-state index contributed by atoms with van der Waals surface area (Å²) in [6.45, 7) is 2.65. The molecule has 0 fully saturated rings. The second-order valence-corrected chi connectivity index (χ2v) is 3.42. The van der Waals surface area contributed by atoms with Gasteiger partial charge in [0.15, 0.2) is 6.29 Å². The SMILES string of the molecule is Cc1c[nH]c(=O)n(COC(C)C(O)O)c1=O. The highest BCUT2D eigenvalue weighted by Gasteiger charge is 2.12. The zero-order chi connectivity index (χ0) is 12.3. The molecule has 1 heterocycles. The lowest BCUT2D eigenvalue weighted by atomic mass is 10.4. The summed E-state index contributed by atoms with van der Waals surface area (Å²) < 4.78 is 5.79. The Labute approximate surface area is 90.9 Å². The summed E-state index contributed by atoms with van der Waals surface area (Å²) in [7, 11) is 0. The van der Waals surface area contributed by atoms with Crippen molar-refractivity contribution in [3.63, 3.8) is 0 Å². The number of ether oxygens (including phenoxy) is 1. The van der Waals surface area contributed by atoms with E-state index in [1.165, 1.54) is 13.1 Å². The van der Waals surface area contributed by atoms with Crippen molar-refractivity contribution in [3.8, 4) is 0 Å². The van der Waals surface area contributed by atoms with Crippen molar-refractivity contribution in [2.45, 2.75) is 33.0 Å². The largest absolute Gasteiger partial charge is 0.366 e. The number of aromatic nitrogens is 2. The molecule has 3 N–H and O–H groups in total. The molecule has 1 unspecified atom stereocenters. The summed E-state index contributed by atoms with van der Waals surface area (Å²) in [5.41, 5.74) is -0.695. The van der Waals surface area contributed by atoms with E-state index in [4.69, 9.17) is 14.9 Å². The third-order valence-electron chi connectivity index (χ3n) is 2.13. The van der Waals surface area contributed by atoms with Gasteiger partial charge >= 0.3 is 5.69 Å². The Kier molecular flexibility index (Phi) is 3.99. The second kappa shape index (κ2) is 5.06. The predicted octanol–water partition coefficient (Wildman–Crippen LogP) is -1.48. The van der Waals surface area contributed by atoms with Crippen LogP contribution in [0.15, 0.2) is 15.8 Å². The molecule has 0 radical (unpaired) electrons. The molecule has 1 atom stereocenters. The maximum absolute atomic E-state index is 11.5. The molecule has 0 aromatic carbocycles. The highest BCUT2D eigenvalue weighted by atomic mass is 16.6. The van der Waals surface area contributed by atoms with Gasteiger partial charge in [-0.2, -0.15) is 0 Å². The summed E-state index contributed by atoms with van der Waals surface area (Å²) in [4.78, 5) is 25.2. The van der Waals surface area contributed by atoms with Crippen LogP contribution >= 0.6 is 0 Å². The quantitative estimate of drug-likeness (QED) is 0.547. The van der Waals surface area contributed by atoms with Gasteiger partial charge in [-0.1, -0.05) is 0 Å². The van der Waals surface area contributed by atoms with E-state index in [0.29, 0.717) is 5.56 Å². The molecule has 0 spiro atoms. The minimum Gasteiger partial charge on any atom is -0.366 e. The normalized spacial score (nSPS) is 13.1. The van der Waals surface area contributed by atoms with Crippen molar-refractivity contribution in [2.75, 3.05) is 0 Å². The molecule has 0 saturated carbocycles. The Morgan fingerprint density at radius 2 is 2.12 bits per heavy atom. The molecule has 7 nitrogen and oxygen atoms in total. The minimum absolute atomic E-state index is 0.325. The van der Waals surface area contributed by atoms with Crippen LogP contribution in [0.1, 0.15) is 12.5 Å². The van der Waals surface area contributed by atoms with Crippen molar-refractivity contribution in [1.82, 2.24) is 9.55 Å². The Balaban J connectivity index is 2.86. The molecule has 7 heteroatoms. The van der Waals surface area contributed by atoms with Gasteiger partial charge in [0.1, 0.15) is 12.8 Å². The number of nitrogens with one attached hydrogen (secondary N) is 1. The molecular formula is C9H14N2O5. The average molecular weight is 230 g/mol. The number of rotatable bonds is 4. The van der Waals surface area contributed by atoms with Gasteiger partial charge in [-0.25, -0.2) is 9.36 Å². The fourth-order valence-corrected chi connectivity index (χ4v) is 1.01. The summed E-state index contributed by atoms with van der Waals surface area (Å²) in [5.74, 6) is 0. The lowest BCUT2D eigenvalue weighted by Crippen LogP contribution is -2.38. The van der Waals surface area contributed by atoms with Crippen LogP contribution in [0.2, 0.25) is 0 Å². The van der Waals surface area contributed by atoms with Gasteiger partial charge in [0.05, 0.1) is 0 Å². The third kappa shape index (κ3) is 2.78. The van der Waals surface area contributed by atoms with Crippen molar-refractivity contribution in [3.05, 3.63) is 32.6 Å². The smallest absolute Gasteiger partial charge is 0.330 e. The molecule has 0 saturated heterocycles. The monoisotopic (exact) mass is 230 g/mol. The molecule has 90 valence electrons. The maximum Gasteiger partial charge on any atom is 0.330 e. The van der Waals surface area contributed by atoms with Crippen LogP contribution in [0.4, 0.5) is 0 Å². The lowest BCUT2D eigenvalue weighted by molar-refractivity contribution is -0.152. The number of aromatic amines is 1. The number of hydrogen-bond acceptors (Lipinski definition) is 5. The van der Waals surface area contributed by atoms with Gasteiger partial charge in [0.25, 0.3) is 5.56 Å². The van der Waals surface area contributed by atoms with E-state index in [2.05, 4.69) is 4.98 Å². The van der Waals surface area contributed by atoms with Gasteiger partial charge in [-0.3, -0.25) is 4.79 Å².